The Bertz CT molecular complexity index is 1140. The van der Waals surface area contributed by atoms with Crippen molar-refractivity contribution in [2.75, 3.05) is 5.32 Å². The number of anilines is 1. The Kier molecular flexibility index (Phi) is 7.09. The number of aryl methyl sites for hydroxylation is 2. The second-order valence-electron chi connectivity index (χ2n) is 9.26. The summed E-state index contributed by atoms with van der Waals surface area (Å²) in [6.45, 7) is 7.36. The molecule has 0 radical (unpaired) electrons. The maximum atomic E-state index is 11.3. The van der Waals surface area contributed by atoms with E-state index < -0.39 is 5.97 Å². The Hall–Kier alpha value is -3.50. The monoisotopic (exact) mass is 468 g/mol. The number of pyridine rings is 1. The molecule has 3 aromatic heterocycles. The minimum atomic E-state index is -0.746. The molecule has 11 nitrogen and oxygen atoms in total. The number of carbonyl (C=O) groups is 1. The summed E-state index contributed by atoms with van der Waals surface area (Å²) < 4.78 is 7.85. The topological polar surface area (TPSA) is 133 Å². The van der Waals surface area contributed by atoms with Gasteiger partial charge in [-0.3, -0.25) is 4.79 Å². The third-order valence-corrected chi connectivity index (χ3v) is 5.99. The molecule has 0 spiro atoms. The summed E-state index contributed by atoms with van der Waals surface area (Å²) in [6.07, 6.45) is 4.54. The molecule has 11 heteroatoms. The fourth-order valence-electron chi connectivity index (χ4n) is 4.20. The summed E-state index contributed by atoms with van der Waals surface area (Å²) in [5.41, 5.74) is 2.99. The number of hydrogen-bond acceptors (Lipinski definition) is 8. The van der Waals surface area contributed by atoms with Gasteiger partial charge in [0.2, 0.25) is 0 Å². The average Bonchev–Trinajstić information content (AvgIpc) is 3.39. The highest BCUT2D eigenvalue weighted by atomic mass is 16.5. The van der Waals surface area contributed by atoms with Crippen molar-refractivity contribution in [2.45, 2.75) is 65.6 Å². The Labute approximate surface area is 198 Å². The number of carboxylic acids is 1. The van der Waals surface area contributed by atoms with Crippen molar-refractivity contribution in [3.8, 4) is 17.1 Å². The minimum Gasteiger partial charge on any atom is -0.489 e. The van der Waals surface area contributed by atoms with Crippen LogP contribution in [0.15, 0.2) is 18.3 Å². The third kappa shape index (κ3) is 5.52. The van der Waals surface area contributed by atoms with Crippen molar-refractivity contribution in [1.82, 2.24) is 35.0 Å². The maximum absolute atomic E-state index is 11.3. The van der Waals surface area contributed by atoms with Gasteiger partial charge >= 0.3 is 5.97 Å². The fourth-order valence-corrected chi connectivity index (χ4v) is 4.20. The van der Waals surface area contributed by atoms with Gasteiger partial charge in [0.15, 0.2) is 5.82 Å². The lowest BCUT2D eigenvalue weighted by Crippen LogP contribution is -2.29. The molecule has 2 N–H and O–H groups in total. The van der Waals surface area contributed by atoms with Crippen molar-refractivity contribution in [1.29, 1.82) is 0 Å². The largest absolute Gasteiger partial charge is 0.489 e. The molecule has 0 saturated heterocycles. The van der Waals surface area contributed by atoms with Gasteiger partial charge in [-0.05, 0) is 50.7 Å². The first-order valence-corrected chi connectivity index (χ1v) is 11.7. The number of nitrogens with one attached hydrogen (secondary N) is 1. The van der Waals surface area contributed by atoms with E-state index in [0.29, 0.717) is 48.3 Å². The number of aliphatic carboxylic acids is 1. The number of ether oxygens (including phenoxy) is 1. The highest BCUT2D eigenvalue weighted by Crippen LogP contribution is 2.30. The molecule has 182 valence electrons. The molecule has 1 unspecified atom stereocenters. The number of hydrogen-bond donors (Lipinski definition) is 2. The molecule has 1 aliphatic rings. The zero-order valence-electron chi connectivity index (χ0n) is 20.1. The summed E-state index contributed by atoms with van der Waals surface area (Å²) in [7, 11) is 1.84. The molecule has 0 amide bonds. The zero-order chi connectivity index (χ0) is 24.2. The van der Waals surface area contributed by atoms with E-state index in [1.165, 1.54) is 0 Å². The van der Waals surface area contributed by atoms with Crippen LogP contribution in [0.4, 0.5) is 5.82 Å². The van der Waals surface area contributed by atoms with Gasteiger partial charge in [0.25, 0.3) is 0 Å². The van der Waals surface area contributed by atoms with Crippen molar-refractivity contribution in [3.63, 3.8) is 0 Å². The normalized spacial score (nSPS) is 18.3. The van der Waals surface area contributed by atoms with Crippen molar-refractivity contribution in [3.05, 3.63) is 29.7 Å². The van der Waals surface area contributed by atoms with Crippen LogP contribution in [0.5, 0.6) is 5.75 Å². The second-order valence-corrected chi connectivity index (χ2v) is 9.26. The minimum absolute atomic E-state index is 0.110. The Morgan fingerprint density at radius 3 is 2.88 bits per heavy atom. The van der Waals surface area contributed by atoms with Gasteiger partial charge in [-0.1, -0.05) is 19.1 Å². The smallest absolute Gasteiger partial charge is 0.306 e. The number of carboxylic acid groups (broad SMARTS) is 1. The fraction of sp³-hybridized carbons (Fsp3) is 0.565. The number of rotatable bonds is 9. The van der Waals surface area contributed by atoms with Crippen LogP contribution in [0.25, 0.3) is 11.4 Å². The summed E-state index contributed by atoms with van der Waals surface area (Å²) in [5, 5.41) is 29.9. The summed E-state index contributed by atoms with van der Waals surface area (Å²) in [5.74, 6) is 0.738. The third-order valence-electron chi connectivity index (χ3n) is 5.99. The maximum Gasteiger partial charge on any atom is 0.306 e. The molecule has 4 rings (SSSR count). The van der Waals surface area contributed by atoms with Crippen LogP contribution in [0.2, 0.25) is 0 Å². The first kappa shape index (κ1) is 23.7. The zero-order valence-corrected chi connectivity index (χ0v) is 20.1. The molecule has 0 aliphatic heterocycles. The van der Waals surface area contributed by atoms with E-state index in [0.717, 1.165) is 30.8 Å². The van der Waals surface area contributed by atoms with Gasteiger partial charge < -0.3 is 15.2 Å². The van der Waals surface area contributed by atoms with Crippen LogP contribution in [-0.2, 0) is 24.9 Å². The first-order chi connectivity index (χ1) is 16.3. The summed E-state index contributed by atoms with van der Waals surface area (Å²) in [6, 6.07) is 3.75. The molecule has 0 aromatic carbocycles. The van der Waals surface area contributed by atoms with Gasteiger partial charge in [-0.2, -0.15) is 9.90 Å². The van der Waals surface area contributed by atoms with E-state index >= 15 is 0 Å². The standard InChI is InChI=1S/C23H32N8O3/c1-14(2)13-31-25-12-21(28-31)24-11-19-22(27-29-30(19)4)18-8-9-20(15(3)26-18)34-17-7-5-6-16(10-17)23(32)33/h8-9,12,14,16-17H,5-7,10-11,13H2,1-4H3,(H,24,28)(H,32,33)/t16-,17?/m0/s1. The van der Waals surface area contributed by atoms with Crippen LogP contribution in [0, 0.1) is 18.8 Å². The lowest BCUT2D eigenvalue weighted by molar-refractivity contribution is -0.143. The lowest BCUT2D eigenvalue weighted by atomic mass is 9.87. The van der Waals surface area contributed by atoms with E-state index in [9.17, 15) is 9.90 Å². The van der Waals surface area contributed by atoms with E-state index in [4.69, 9.17) is 9.72 Å². The summed E-state index contributed by atoms with van der Waals surface area (Å²) >= 11 is 0. The van der Waals surface area contributed by atoms with Gasteiger partial charge in [-0.15, -0.1) is 10.2 Å². The van der Waals surface area contributed by atoms with Crippen LogP contribution in [0.1, 0.15) is 50.9 Å². The Morgan fingerprint density at radius 2 is 2.15 bits per heavy atom. The van der Waals surface area contributed by atoms with Gasteiger partial charge in [-0.25, -0.2) is 9.67 Å². The van der Waals surface area contributed by atoms with E-state index in [1.54, 1.807) is 15.7 Å². The molecular formula is C23H32N8O3. The van der Waals surface area contributed by atoms with Crippen LogP contribution >= 0.6 is 0 Å². The lowest BCUT2D eigenvalue weighted by Gasteiger charge is -2.27. The van der Waals surface area contributed by atoms with Gasteiger partial charge in [0.05, 0.1) is 48.4 Å². The SMILES string of the molecule is Cc1nc(-c2nnn(C)c2CNc2cnn(CC(C)C)n2)ccc1OC1CCC[C@H](C(=O)O)C1. The predicted octanol–water partition coefficient (Wildman–Crippen LogP) is 3.07. The second kappa shape index (κ2) is 10.2. The quantitative estimate of drug-likeness (QED) is 0.486. The van der Waals surface area contributed by atoms with E-state index in [-0.39, 0.29) is 12.0 Å². The molecule has 1 saturated carbocycles. The average molecular weight is 469 g/mol. The van der Waals surface area contributed by atoms with E-state index in [2.05, 4.69) is 39.7 Å². The molecular weight excluding hydrogens is 436 g/mol. The molecule has 3 aromatic rings. The molecule has 1 aliphatic carbocycles. The molecule has 0 bridgehead atoms. The number of nitrogens with zero attached hydrogens (tertiary/aromatic N) is 7. The van der Waals surface area contributed by atoms with Crippen molar-refractivity contribution in [2.24, 2.45) is 18.9 Å². The molecule has 34 heavy (non-hydrogen) atoms. The van der Waals surface area contributed by atoms with Crippen molar-refractivity contribution >= 4 is 11.8 Å². The Morgan fingerprint density at radius 1 is 1.32 bits per heavy atom. The molecule has 3 heterocycles. The van der Waals surface area contributed by atoms with Crippen LogP contribution < -0.4 is 10.1 Å². The first-order valence-electron chi connectivity index (χ1n) is 11.7. The van der Waals surface area contributed by atoms with Crippen LogP contribution in [0.3, 0.4) is 0 Å². The highest BCUT2D eigenvalue weighted by Gasteiger charge is 2.28. The predicted molar refractivity (Wildman–Crippen MR) is 125 cm³/mol. The Balaban J connectivity index is 1.45. The number of aromatic nitrogens is 7. The highest BCUT2D eigenvalue weighted by molar-refractivity contribution is 5.70. The van der Waals surface area contributed by atoms with Crippen molar-refractivity contribution < 1.29 is 14.6 Å². The van der Waals surface area contributed by atoms with Gasteiger partial charge in [0, 0.05) is 7.05 Å². The summed E-state index contributed by atoms with van der Waals surface area (Å²) in [4.78, 5) is 17.7. The van der Waals surface area contributed by atoms with Crippen LogP contribution in [-0.4, -0.2) is 52.2 Å². The molecule has 1 fully saturated rings. The molecule has 2 atom stereocenters. The van der Waals surface area contributed by atoms with E-state index in [1.807, 2.05) is 26.1 Å². The van der Waals surface area contributed by atoms with Gasteiger partial charge in [0.1, 0.15) is 11.4 Å².